The smallest absolute Gasteiger partial charge is 0.251 e. The van der Waals surface area contributed by atoms with E-state index >= 15 is 0 Å². The Morgan fingerprint density at radius 2 is 1.74 bits per heavy atom. The summed E-state index contributed by atoms with van der Waals surface area (Å²) < 4.78 is 0. The third-order valence-corrected chi connectivity index (χ3v) is 4.31. The summed E-state index contributed by atoms with van der Waals surface area (Å²) >= 11 is 0. The van der Waals surface area contributed by atoms with Crippen LogP contribution in [0, 0.1) is 0 Å². The first-order valence-electron chi connectivity index (χ1n) is 8.19. The second-order valence-corrected chi connectivity index (χ2v) is 7.23. The number of nitrogens with two attached hydrogens (primary N) is 1. The molecule has 0 radical (unpaired) electrons. The number of rotatable bonds is 3. The van der Waals surface area contributed by atoms with Gasteiger partial charge in [0.1, 0.15) is 0 Å². The molecule has 2 amide bonds. The Kier molecular flexibility index (Phi) is 5.42. The van der Waals surface area contributed by atoms with Crippen LogP contribution in [-0.4, -0.2) is 42.4 Å². The predicted molar refractivity (Wildman–Crippen MR) is 91.3 cm³/mol. The highest BCUT2D eigenvalue weighted by atomic mass is 16.2. The molecule has 0 atom stereocenters. The van der Waals surface area contributed by atoms with Crippen LogP contribution in [0.15, 0.2) is 24.3 Å². The standard InChI is InChI=1S/C18H27N3O2/c1-18(2,3)14-6-4-13(5-7-14)17(23)20-12-16(22)21-10-8-15(19)9-11-21/h4-7,15H,8-12,19H2,1-3H3,(H,20,23). The summed E-state index contributed by atoms with van der Waals surface area (Å²) in [6.45, 7) is 7.78. The molecule has 2 rings (SSSR count). The number of carbonyl (C=O) groups is 2. The molecule has 1 heterocycles. The lowest BCUT2D eigenvalue weighted by Gasteiger charge is -2.30. The number of hydrogen-bond acceptors (Lipinski definition) is 3. The average molecular weight is 317 g/mol. The third-order valence-electron chi connectivity index (χ3n) is 4.31. The SMILES string of the molecule is CC(C)(C)c1ccc(C(=O)NCC(=O)N2CCC(N)CC2)cc1. The normalized spacial score (nSPS) is 16.3. The zero-order chi connectivity index (χ0) is 17.0. The van der Waals surface area contributed by atoms with Gasteiger partial charge >= 0.3 is 0 Å². The molecular weight excluding hydrogens is 290 g/mol. The van der Waals surface area contributed by atoms with Crippen LogP contribution in [-0.2, 0) is 10.2 Å². The van der Waals surface area contributed by atoms with E-state index in [2.05, 4.69) is 26.1 Å². The highest BCUT2D eigenvalue weighted by molar-refractivity contribution is 5.96. The largest absolute Gasteiger partial charge is 0.343 e. The monoisotopic (exact) mass is 317 g/mol. The Morgan fingerprint density at radius 1 is 1.17 bits per heavy atom. The summed E-state index contributed by atoms with van der Waals surface area (Å²) in [4.78, 5) is 26.0. The molecule has 1 aliphatic heterocycles. The molecule has 1 aromatic rings. The number of hydrogen-bond donors (Lipinski definition) is 2. The summed E-state index contributed by atoms with van der Waals surface area (Å²) in [6.07, 6.45) is 1.65. The minimum Gasteiger partial charge on any atom is -0.343 e. The highest BCUT2D eigenvalue weighted by Crippen LogP contribution is 2.22. The lowest BCUT2D eigenvalue weighted by atomic mass is 9.87. The van der Waals surface area contributed by atoms with E-state index in [0.717, 1.165) is 12.8 Å². The molecule has 5 nitrogen and oxygen atoms in total. The van der Waals surface area contributed by atoms with Crippen molar-refractivity contribution in [2.24, 2.45) is 5.73 Å². The first kappa shape index (κ1) is 17.5. The molecule has 0 aliphatic carbocycles. The lowest BCUT2D eigenvalue weighted by Crippen LogP contribution is -2.46. The van der Waals surface area contributed by atoms with Crippen molar-refractivity contribution in [2.75, 3.05) is 19.6 Å². The number of likely N-dealkylation sites (tertiary alicyclic amines) is 1. The molecular formula is C18H27N3O2. The third kappa shape index (κ3) is 4.79. The van der Waals surface area contributed by atoms with Crippen molar-refractivity contribution >= 4 is 11.8 Å². The number of amides is 2. The van der Waals surface area contributed by atoms with E-state index in [1.165, 1.54) is 5.56 Å². The summed E-state index contributed by atoms with van der Waals surface area (Å²) in [5.74, 6) is -0.260. The predicted octanol–water partition coefficient (Wildman–Crippen LogP) is 1.66. The van der Waals surface area contributed by atoms with E-state index < -0.39 is 0 Å². The van der Waals surface area contributed by atoms with Gasteiger partial charge in [-0.2, -0.15) is 0 Å². The van der Waals surface area contributed by atoms with E-state index in [1.807, 2.05) is 12.1 Å². The van der Waals surface area contributed by atoms with E-state index in [0.29, 0.717) is 18.7 Å². The molecule has 0 spiro atoms. The zero-order valence-corrected chi connectivity index (χ0v) is 14.3. The summed E-state index contributed by atoms with van der Waals surface area (Å²) in [7, 11) is 0. The van der Waals surface area contributed by atoms with Gasteiger partial charge in [-0.05, 0) is 36.0 Å². The Bertz CT molecular complexity index is 553. The molecule has 1 aliphatic rings. The fourth-order valence-corrected chi connectivity index (χ4v) is 2.64. The van der Waals surface area contributed by atoms with E-state index in [4.69, 9.17) is 5.73 Å². The van der Waals surface area contributed by atoms with Crippen LogP contribution in [0.25, 0.3) is 0 Å². The Hall–Kier alpha value is -1.88. The fourth-order valence-electron chi connectivity index (χ4n) is 2.64. The van der Waals surface area contributed by atoms with Crippen molar-refractivity contribution in [2.45, 2.75) is 45.1 Å². The average Bonchev–Trinajstić information content (AvgIpc) is 2.52. The molecule has 0 aromatic heterocycles. The number of nitrogens with one attached hydrogen (secondary N) is 1. The Balaban J connectivity index is 1.86. The highest BCUT2D eigenvalue weighted by Gasteiger charge is 2.21. The van der Waals surface area contributed by atoms with Crippen LogP contribution in [0.5, 0.6) is 0 Å². The van der Waals surface area contributed by atoms with E-state index in [1.54, 1.807) is 17.0 Å². The minimum absolute atomic E-state index is 0.0368. The van der Waals surface area contributed by atoms with Crippen LogP contribution in [0.1, 0.15) is 49.5 Å². The van der Waals surface area contributed by atoms with Gasteiger partial charge in [-0.1, -0.05) is 32.9 Å². The van der Waals surface area contributed by atoms with Crippen LogP contribution in [0.2, 0.25) is 0 Å². The van der Waals surface area contributed by atoms with Crippen molar-refractivity contribution in [1.29, 1.82) is 0 Å². The maximum atomic E-state index is 12.1. The second kappa shape index (κ2) is 7.13. The van der Waals surface area contributed by atoms with Gasteiger partial charge in [0.25, 0.3) is 5.91 Å². The van der Waals surface area contributed by atoms with Crippen LogP contribution < -0.4 is 11.1 Å². The second-order valence-electron chi connectivity index (χ2n) is 7.23. The van der Waals surface area contributed by atoms with Crippen molar-refractivity contribution in [3.05, 3.63) is 35.4 Å². The van der Waals surface area contributed by atoms with E-state index in [9.17, 15) is 9.59 Å². The number of carbonyl (C=O) groups excluding carboxylic acids is 2. The quantitative estimate of drug-likeness (QED) is 0.890. The maximum Gasteiger partial charge on any atom is 0.251 e. The lowest BCUT2D eigenvalue weighted by molar-refractivity contribution is -0.131. The molecule has 23 heavy (non-hydrogen) atoms. The Morgan fingerprint density at radius 3 is 2.26 bits per heavy atom. The minimum atomic E-state index is -0.215. The van der Waals surface area contributed by atoms with Gasteiger partial charge in [-0.3, -0.25) is 9.59 Å². The molecule has 1 saturated heterocycles. The van der Waals surface area contributed by atoms with Crippen LogP contribution >= 0.6 is 0 Å². The topological polar surface area (TPSA) is 75.4 Å². The number of benzene rings is 1. The molecule has 3 N–H and O–H groups in total. The van der Waals surface area contributed by atoms with Gasteiger partial charge in [-0.25, -0.2) is 0 Å². The van der Waals surface area contributed by atoms with Crippen molar-refractivity contribution in [3.63, 3.8) is 0 Å². The maximum absolute atomic E-state index is 12.1. The van der Waals surface area contributed by atoms with Crippen molar-refractivity contribution in [3.8, 4) is 0 Å². The molecule has 126 valence electrons. The molecule has 1 aromatic carbocycles. The zero-order valence-electron chi connectivity index (χ0n) is 14.3. The van der Waals surface area contributed by atoms with Crippen molar-refractivity contribution in [1.82, 2.24) is 10.2 Å². The molecule has 1 fully saturated rings. The molecule has 0 bridgehead atoms. The summed E-state index contributed by atoms with van der Waals surface area (Å²) in [5, 5.41) is 2.70. The Labute approximate surface area is 138 Å². The van der Waals surface area contributed by atoms with Crippen LogP contribution in [0.3, 0.4) is 0 Å². The number of piperidine rings is 1. The first-order valence-corrected chi connectivity index (χ1v) is 8.19. The van der Waals surface area contributed by atoms with Gasteiger partial charge in [0, 0.05) is 24.7 Å². The summed E-state index contributed by atoms with van der Waals surface area (Å²) in [5.41, 5.74) is 7.64. The van der Waals surface area contributed by atoms with Gasteiger partial charge in [0.05, 0.1) is 6.54 Å². The first-order chi connectivity index (χ1) is 10.8. The van der Waals surface area contributed by atoms with Gasteiger partial charge in [0.2, 0.25) is 5.91 Å². The molecule has 0 saturated carbocycles. The summed E-state index contributed by atoms with van der Waals surface area (Å²) in [6, 6.07) is 7.72. The van der Waals surface area contributed by atoms with Gasteiger partial charge in [-0.15, -0.1) is 0 Å². The molecule has 5 heteroatoms. The van der Waals surface area contributed by atoms with Gasteiger partial charge in [0.15, 0.2) is 0 Å². The molecule has 0 unspecified atom stereocenters. The fraction of sp³-hybridized carbons (Fsp3) is 0.556. The van der Waals surface area contributed by atoms with Crippen molar-refractivity contribution < 1.29 is 9.59 Å². The van der Waals surface area contributed by atoms with Gasteiger partial charge < -0.3 is 16.0 Å². The van der Waals surface area contributed by atoms with Crippen LogP contribution in [0.4, 0.5) is 0 Å². The van der Waals surface area contributed by atoms with E-state index in [-0.39, 0.29) is 29.8 Å². The number of nitrogens with zero attached hydrogens (tertiary/aromatic N) is 1.